The van der Waals surface area contributed by atoms with E-state index in [1.165, 1.54) is 12.1 Å². The molecule has 1 aromatic rings. The Kier molecular flexibility index (Phi) is 4.91. The average molecular weight is 272 g/mol. The normalized spacial score (nSPS) is 11.7. The molecule has 98 valence electrons. The number of hydrogen-bond acceptors (Lipinski definition) is 4. The third kappa shape index (κ3) is 3.59. The predicted octanol–water partition coefficient (Wildman–Crippen LogP) is 1.37. The Morgan fingerprint density at radius 2 is 2.17 bits per heavy atom. The van der Waals surface area contributed by atoms with Crippen molar-refractivity contribution in [2.45, 2.75) is 19.9 Å². The first-order valence-electron chi connectivity index (χ1n) is 5.39. The molecule has 3 N–H and O–H groups in total. The molecule has 1 unspecified atom stereocenters. The fourth-order valence-corrected chi connectivity index (χ4v) is 1.47. The van der Waals surface area contributed by atoms with Crippen LogP contribution in [-0.2, 0) is 4.79 Å². The van der Waals surface area contributed by atoms with Gasteiger partial charge in [0.15, 0.2) is 5.69 Å². The molecule has 0 radical (unpaired) electrons. The molecular weight excluding hydrogens is 258 g/mol. The van der Waals surface area contributed by atoms with Crippen molar-refractivity contribution in [3.63, 3.8) is 0 Å². The maximum absolute atomic E-state index is 11.5. The number of anilines is 1. The molecule has 0 aromatic carbocycles. The number of likely N-dealkylation sites (N-methyl/N-ethyl adjacent to an activating group) is 1. The highest BCUT2D eigenvalue weighted by Crippen LogP contribution is 2.17. The highest BCUT2D eigenvalue weighted by Gasteiger charge is 2.15. The zero-order chi connectivity index (χ0) is 13.7. The standard InChI is InChI=1S/C11H14ClN3O3/c1-3-13-10(16)6(2)14-8-5-4-7(12)9(15-8)11(17)18/h4-6H,3H2,1-2H3,(H,13,16)(H,14,15)(H,17,18). The maximum Gasteiger partial charge on any atom is 0.356 e. The van der Waals surface area contributed by atoms with Gasteiger partial charge in [-0.25, -0.2) is 9.78 Å². The van der Waals surface area contributed by atoms with Gasteiger partial charge in [0.2, 0.25) is 5.91 Å². The number of amides is 1. The summed E-state index contributed by atoms with van der Waals surface area (Å²) >= 11 is 5.69. The minimum atomic E-state index is -1.21. The molecule has 1 heterocycles. The lowest BCUT2D eigenvalue weighted by Crippen LogP contribution is -2.37. The Hall–Kier alpha value is -1.82. The van der Waals surface area contributed by atoms with Gasteiger partial charge < -0.3 is 15.7 Å². The number of carbonyl (C=O) groups is 2. The zero-order valence-corrected chi connectivity index (χ0v) is 10.8. The van der Waals surface area contributed by atoms with E-state index < -0.39 is 12.0 Å². The van der Waals surface area contributed by atoms with Crippen molar-refractivity contribution >= 4 is 29.3 Å². The van der Waals surface area contributed by atoms with E-state index in [2.05, 4.69) is 15.6 Å². The highest BCUT2D eigenvalue weighted by atomic mass is 35.5. The molecule has 0 spiro atoms. The van der Waals surface area contributed by atoms with Crippen LogP contribution in [0.5, 0.6) is 0 Å². The Morgan fingerprint density at radius 3 is 2.72 bits per heavy atom. The van der Waals surface area contributed by atoms with Gasteiger partial charge in [0.25, 0.3) is 0 Å². The summed E-state index contributed by atoms with van der Waals surface area (Å²) in [5.41, 5.74) is -0.246. The predicted molar refractivity (Wildman–Crippen MR) is 68.0 cm³/mol. The molecule has 18 heavy (non-hydrogen) atoms. The Bertz CT molecular complexity index is 465. The lowest BCUT2D eigenvalue weighted by molar-refractivity contribution is -0.121. The van der Waals surface area contributed by atoms with E-state index in [-0.39, 0.29) is 22.4 Å². The van der Waals surface area contributed by atoms with E-state index in [0.29, 0.717) is 6.54 Å². The van der Waals surface area contributed by atoms with Gasteiger partial charge in [-0.2, -0.15) is 0 Å². The summed E-state index contributed by atoms with van der Waals surface area (Å²) in [6, 6.07) is 2.43. The number of hydrogen-bond donors (Lipinski definition) is 3. The summed E-state index contributed by atoms with van der Waals surface area (Å²) in [7, 11) is 0. The number of carbonyl (C=O) groups excluding carboxylic acids is 1. The van der Waals surface area contributed by atoms with Crippen molar-refractivity contribution in [2.24, 2.45) is 0 Å². The Morgan fingerprint density at radius 1 is 1.50 bits per heavy atom. The van der Waals surface area contributed by atoms with Crippen LogP contribution in [0.4, 0.5) is 5.82 Å². The fourth-order valence-electron chi connectivity index (χ4n) is 1.29. The third-order valence-corrected chi connectivity index (χ3v) is 2.46. The molecule has 0 fully saturated rings. The SMILES string of the molecule is CCNC(=O)C(C)Nc1ccc(Cl)c(C(=O)O)n1. The Labute approximate surface area is 109 Å². The highest BCUT2D eigenvalue weighted by molar-refractivity contribution is 6.33. The maximum atomic E-state index is 11.5. The molecule has 0 saturated heterocycles. The molecule has 0 aliphatic carbocycles. The van der Waals surface area contributed by atoms with Crippen LogP contribution in [0.15, 0.2) is 12.1 Å². The van der Waals surface area contributed by atoms with Crippen LogP contribution in [0.25, 0.3) is 0 Å². The molecule has 0 bridgehead atoms. The minimum absolute atomic E-state index is 0.0544. The second kappa shape index (κ2) is 6.20. The second-order valence-electron chi connectivity index (χ2n) is 3.59. The quantitative estimate of drug-likeness (QED) is 0.752. The van der Waals surface area contributed by atoms with E-state index in [1.807, 2.05) is 6.92 Å². The summed E-state index contributed by atoms with van der Waals surface area (Å²) in [5, 5.41) is 14.4. The van der Waals surface area contributed by atoms with E-state index in [4.69, 9.17) is 16.7 Å². The van der Waals surface area contributed by atoms with E-state index in [1.54, 1.807) is 6.92 Å². The molecule has 7 heteroatoms. The van der Waals surface area contributed by atoms with Crippen LogP contribution < -0.4 is 10.6 Å². The molecule has 1 rings (SSSR count). The number of nitrogens with zero attached hydrogens (tertiary/aromatic N) is 1. The molecule has 0 aliphatic heterocycles. The molecular formula is C11H14ClN3O3. The van der Waals surface area contributed by atoms with Gasteiger partial charge in [0.1, 0.15) is 11.9 Å². The monoisotopic (exact) mass is 271 g/mol. The lowest BCUT2D eigenvalue weighted by Gasteiger charge is -2.14. The van der Waals surface area contributed by atoms with Crippen LogP contribution in [0.2, 0.25) is 5.02 Å². The largest absolute Gasteiger partial charge is 0.476 e. The van der Waals surface area contributed by atoms with Gasteiger partial charge in [0.05, 0.1) is 5.02 Å². The number of pyridine rings is 1. The first-order valence-corrected chi connectivity index (χ1v) is 5.77. The van der Waals surface area contributed by atoms with Gasteiger partial charge in [-0.05, 0) is 26.0 Å². The number of carboxylic acid groups (broad SMARTS) is 1. The van der Waals surface area contributed by atoms with Crippen molar-refractivity contribution in [1.82, 2.24) is 10.3 Å². The van der Waals surface area contributed by atoms with Gasteiger partial charge in [-0.3, -0.25) is 4.79 Å². The molecule has 1 aromatic heterocycles. The minimum Gasteiger partial charge on any atom is -0.476 e. The fraction of sp³-hybridized carbons (Fsp3) is 0.364. The average Bonchev–Trinajstić information content (AvgIpc) is 2.31. The summed E-state index contributed by atoms with van der Waals surface area (Å²) < 4.78 is 0. The van der Waals surface area contributed by atoms with E-state index >= 15 is 0 Å². The van der Waals surface area contributed by atoms with Crippen molar-refractivity contribution in [3.05, 3.63) is 22.8 Å². The van der Waals surface area contributed by atoms with Crippen LogP contribution in [0.1, 0.15) is 24.3 Å². The molecule has 6 nitrogen and oxygen atoms in total. The van der Waals surface area contributed by atoms with Crippen LogP contribution in [0.3, 0.4) is 0 Å². The smallest absolute Gasteiger partial charge is 0.356 e. The number of aromatic carboxylic acids is 1. The summed E-state index contributed by atoms with van der Waals surface area (Å²) in [6.07, 6.45) is 0. The summed E-state index contributed by atoms with van der Waals surface area (Å²) in [6.45, 7) is 3.99. The number of nitrogens with one attached hydrogen (secondary N) is 2. The van der Waals surface area contributed by atoms with Gasteiger partial charge >= 0.3 is 5.97 Å². The zero-order valence-electron chi connectivity index (χ0n) is 10.0. The third-order valence-electron chi connectivity index (χ3n) is 2.16. The molecule has 1 amide bonds. The Balaban J connectivity index is 2.82. The van der Waals surface area contributed by atoms with Crippen LogP contribution in [-0.4, -0.2) is 34.6 Å². The summed E-state index contributed by atoms with van der Waals surface area (Å²) in [4.78, 5) is 26.2. The topological polar surface area (TPSA) is 91.3 Å². The van der Waals surface area contributed by atoms with Crippen molar-refractivity contribution in [2.75, 3.05) is 11.9 Å². The summed E-state index contributed by atoms with van der Waals surface area (Å²) in [5.74, 6) is -1.11. The molecule has 0 saturated carbocycles. The van der Waals surface area contributed by atoms with Crippen LogP contribution in [0, 0.1) is 0 Å². The van der Waals surface area contributed by atoms with Gasteiger partial charge in [-0.1, -0.05) is 11.6 Å². The second-order valence-corrected chi connectivity index (χ2v) is 4.00. The first kappa shape index (κ1) is 14.2. The van der Waals surface area contributed by atoms with E-state index in [0.717, 1.165) is 0 Å². The molecule has 0 aliphatic rings. The molecule has 1 atom stereocenters. The van der Waals surface area contributed by atoms with Crippen molar-refractivity contribution in [3.8, 4) is 0 Å². The number of halogens is 1. The number of carboxylic acids is 1. The van der Waals surface area contributed by atoms with Gasteiger partial charge in [-0.15, -0.1) is 0 Å². The van der Waals surface area contributed by atoms with Gasteiger partial charge in [0, 0.05) is 6.54 Å². The first-order chi connectivity index (χ1) is 8.45. The lowest BCUT2D eigenvalue weighted by atomic mass is 10.3. The van der Waals surface area contributed by atoms with Crippen LogP contribution >= 0.6 is 11.6 Å². The van der Waals surface area contributed by atoms with Crippen molar-refractivity contribution < 1.29 is 14.7 Å². The van der Waals surface area contributed by atoms with E-state index in [9.17, 15) is 9.59 Å². The number of aromatic nitrogens is 1. The van der Waals surface area contributed by atoms with Crippen molar-refractivity contribution in [1.29, 1.82) is 0 Å². The number of rotatable bonds is 5.